The van der Waals surface area contributed by atoms with Gasteiger partial charge in [-0.1, -0.05) is 19.1 Å². The zero-order chi connectivity index (χ0) is 21.9. The monoisotopic (exact) mass is 434 g/mol. The fourth-order valence-corrected chi connectivity index (χ4v) is 4.72. The van der Waals surface area contributed by atoms with Gasteiger partial charge in [-0.3, -0.25) is 9.10 Å². The van der Waals surface area contributed by atoms with E-state index in [9.17, 15) is 23.1 Å². The Morgan fingerprint density at radius 3 is 2.67 bits per heavy atom. The minimum absolute atomic E-state index is 0.00374. The fraction of sp³-hybridized carbons (Fsp3) is 0.300. The Morgan fingerprint density at radius 2 is 2.00 bits per heavy atom. The number of hydrogen-bond donors (Lipinski definition) is 2. The number of benzene rings is 2. The quantitative estimate of drug-likeness (QED) is 0.682. The second kappa shape index (κ2) is 8.62. The Kier molecular flexibility index (Phi) is 6.16. The molecule has 2 aromatic carbocycles. The predicted molar refractivity (Wildman–Crippen MR) is 109 cm³/mol. The first-order valence-corrected chi connectivity index (χ1v) is 10.7. The van der Waals surface area contributed by atoms with E-state index in [0.717, 1.165) is 16.8 Å². The van der Waals surface area contributed by atoms with E-state index in [0.29, 0.717) is 6.54 Å². The number of sulfonamides is 1. The number of para-hydroxylation sites is 2. The van der Waals surface area contributed by atoms with E-state index < -0.39 is 28.0 Å². The number of nitrogens with one attached hydrogen (secondary N) is 1. The SMILES string of the molecule is CCCNC(=O)C1CN(S(=O)(=O)c2cc(C(=O)O)ccc2OC)c2ccccc2O1. The van der Waals surface area contributed by atoms with E-state index in [4.69, 9.17) is 9.47 Å². The minimum atomic E-state index is -4.28. The van der Waals surface area contributed by atoms with Crippen LogP contribution >= 0.6 is 0 Å². The average Bonchev–Trinajstić information content (AvgIpc) is 2.75. The van der Waals surface area contributed by atoms with Gasteiger partial charge < -0.3 is 19.9 Å². The second-order valence-electron chi connectivity index (χ2n) is 6.57. The molecule has 9 nitrogen and oxygen atoms in total. The molecular formula is C20H22N2O7S. The van der Waals surface area contributed by atoms with Crippen molar-refractivity contribution in [2.24, 2.45) is 0 Å². The van der Waals surface area contributed by atoms with Crippen LogP contribution < -0.4 is 19.1 Å². The summed E-state index contributed by atoms with van der Waals surface area (Å²) >= 11 is 0. The number of aromatic carboxylic acids is 1. The van der Waals surface area contributed by atoms with Gasteiger partial charge in [0.2, 0.25) is 0 Å². The van der Waals surface area contributed by atoms with Gasteiger partial charge in [-0.25, -0.2) is 13.2 Å². The van der Waals surface area contributed by atoms with Gasteiger partial charge in [0.15, 0.2) is 6.10 Å². The summed E-state index contributed by atoms with van der Waals surface area (Å²) in [4.78, 5) is 23.5. The molecule has 2 aromatic rings. The standard InChI is InChI=1S/C20H22N2O7S/c1-3-10-21-19(23)17-12-22(14-6-4-5-7-15(14)29-17)30(26,27)18-11-13(20(24)25)8-9-16(18)28-2/h4-9,11,17H,3,10,12H2,1-2H3,(H,21,23)(H,24,25). The predicted octanol–water partition coefficient (Wildman–Crippen LogP) is 1.88. The number of hydrogen-bond acceptors (Lipinski definition) is 6. The molecule has 3 rings (SSSR count). The van der Waals surface area contributed by atoms with Gasteiger partial charge in [0, 0.05) is 6.54 Å². The third-order valence-corrected chi connectivity index (χ3v) is 6.36. The highest BCUT2D eigenvalue weighted by Crippen LogP contribution is 2.38. The van der Waals surface area contributed by atoms with Crippen molar-refractivity contribution in [1.29, 1.82) is 0 Å². The molecule has 1 atom stereocenters. The number of carboxylic acids is 1. The summed E-state index contributed by atoms with van der Waals surface area (Å²) in [5.74, 6) is -1.47. The molecule has 0 aromatic heterocycles. The maximum Gasteiger partial charge on any atom is 0.335 e. The molecule has 1 aliphatic heterocycles. The van der Waals surface area contributed by atoms with Crippen molar-refractivity contribution in [3.8, 4) is 11.5 Å². The van der Waals surface area contributed by atoms with Crippen molar-refractivity contribution in [3.05, 3.63) is 48.0 Å². The number of nitrogens with zero attached hydrogens (tertiary/aromatic N) is 1. The molecule has 1 unspecified atom stereocenters. The molecule has 160 valence electrons. The topological polar surface area (TPSA) is 122 Å². The summed E-state index contributed by atoms with van der Waals surface area (Å²) in [5, 5.41) is 12.0. The van der Waals surface area contributed by atoms with Gasteiger partial charge in [-0.15, -0.1) is 0 Å². The number of ether oxygens (including phenoxy) is 2. The smallest absolute Gasteiger partial charge is 0.335 e. The first-order chi connectivity index (χ1) is 14.3. The Labute approximate surface area is 174 Å². The number of carboxylic acid groups (broad SMARTS) is 1. The van der Waals surface area contributed by atoms with Crippen LogP contribution in [0.15, 0.2) is 47.4 Å². The second-order valence-corrected chi connectivity index (χ2v) is 8.40. The van der Waals surface area contributed by atoms with Gasteiger partial charge in [0.05, 0.1) is 24.9 Å². The third-order valence-electron chi connectivity index (χ3n) is 4.56. The number of fused-ring (bicyclic) bond motifs is 1. The highest BCUT2D eigenvalue weighted by Gasteiger charge is 2.38. The van der Waals surface area contributed by atoms with Crippen molar-refractivity contribution in [2.75, 3.05) is 24.5 Å². The molecule has 1 aliphatic rings. The Hall–Kier alpha value is -3.27. The molecule has 0 aliphatic carbocycles. The van der Waals surface area contributed by atoms with Gasteiger partial charge in [0.25, 0.3) is 15.9 Å². The highest BCUT2D eigenvalue weighted by atomic mass is 32.2. The van der Waals surface area contributed by atoms with E-state index in [1.54, 1.807) is 24.3 Å². The summed E-state index contributed by atoms with van der Waals surface area (Å²) in [6.07, 6.45) is -0.342. The first kappa shape index (κ1) is 21.4. The maximum atomic E-state index is 13.6. The first-order valence-electron chi connectivity index (χ1n) is 9.27. The molecule has 1 heterocycles. The molecule has 0 spiro atoms. The van der Waals surface area contributed by atoms with E-state index in [1.807, 2.05) is 6.92 Å². The van der Waals surface area contributed by atoms with Crippen LogP contribution in [-0.2, 0) is 14.8 Å². The van der Waals surface area contributed by atoms with E-state index in [2.05, 4.69) is 5.32 Å². The molecule has 2 N–H and O–H groups in total. The Morgan fingerprint density at radius 1 is 1.27 bits per heavy atom. The van der Waals surface area contributed by atoms with Crippen LogP contribution in [0, 0.1) is 0 Å². The molecule has 0 bridgehead atoms. The average molecular weight is 434 g/mol. The van der Waals surface area contributed by atoms with E-state index >= 15 is 0 Å². The van der Waals surface area contributed by atoms with Crippen molar-refractivity contribution >= 4 is 27.6 Å². The van der Waals surface area contributed by atoms with Gasteiger partial charge in [0.1, 0.15) is 16.4 Å². The number of methoxy groups -OCH3 is 1. The van der Waals surface area contributed by atoms with Crippen molar-refractivity contribution < 1.29 is 32.6 Å². The van der Waals surface area contributed by atoms with E-state index in [-0.39, 0.29) is 34.2 Å². The van der Waals surface area contributed by atoms with Crippen LogP contribution in [-0.4, -0.2) is 51.7 Å². The Balaban J connectivity index is 2.09. The lowest BCUT2D eigenvalue weighted by Crippen LogP contribution is -2.50. The van der Waals surface area contributed by atoms with Crippen LogP contribution in [0.1, 0.15) is 23.7 Å². The number of carbonyl (C=O) groups is 2. The van der Waals surface area contributed by atoms with Crippen molar-refractivity contribution in [3.63, 3.8) is 0 Å². The highest BCUT2D eigenvalue weighted by molar-refractivity contribution is 7.93. The van der Waals surface area contributed by atoms with Crippen LogP contribution in [0.4, 0.5) is 5.69 Å². The van der Waals surface area contributed by atoms with Crippen LogP contribution in [0.2, 0.25) is 0 Å². The summed E-state index contributed by atoms with van der Waals surface area (Å²) in [6.45, 7) is 2.06. The lowest BCUT2D eigenvalue weighted by atomic mass is 10.2. The number of carbonyl (C=O) groups excluding carboxylic acids is 1. The lowest BCUT2D eigenvalue weighted by Gasteiger charge is -2.35. The van der Waals surface area contributed by atoms with Crippen LogP contribution in [0.3, 0.4) is 0 Å². The minimum Gasteiger partial charge on any atom is -0.495 e. The molecule has 0 radical (unpaired) electrons. The lowest BCUT2D eigenvalue weighted by molar-refractivity contribution is -0.127. The maximum absolute atomic E-state index is 13.6. The molecule has 10 heteroatoms. The molecule has 0 saturated heterocycles. The zero-order valence-corrected chi connectivity index (χ0v) is 17.3. The summed E-state index contributed by atoms with van der Waals surface area (Å²) in [6, 6.07) is 10.0. The third kappa shape index (κ3) is 4.04. The largest absolute Gasteiger partial charge is 0.495 e. The van der Waals surface area contributed by atoms with Gasteiger partial charge in [-0.05, 0) is 36.8 Å². The van der Waals surface area contributed by atoms with Crippen molar-refractivity contribution in [2.45, 2.75) is 24.3 Å². The molecule has 0 saturated carbocycles. The van der Waals surface area contributed by atoms with Gasteiger partial charge in [-0.2, -0.15) is 0 Å². The normalized spacial score (nSPS) is 15.7. The zero-order valence-electron chi connectivity index (χ0n) is 16.5. The van der Waals surface area contributed by atoms with Crippen LogP contribution in [0.25, 0.3) is 0 Å². The van der Waals surface area contributed by atoms with Crippen molar-refractivity contribution in [1.82, 2.24) is 5.32 Å². The summed E-state index contributed by atoms with van der Waals surface area (Å²) in [5.41, 5.74) is 0.0491. The summed E-state index contributed by atoms with van der Waals surface area (Å²) < 4.78 is 39.0. The molecule has 30 heavy (non-hydrogen) atoms. The Bertz CT molecular complexity index is 1070. The number of amides is 1. The molecular weight excluding hydrogens is 412 g/mol. The number of rotatable bonds is 7. The van der Waals surface area contributed by atoms with Crippen LogP contribution in [0.5, 0.6) is 11.5 Å². The van der Waals surface area contributed by atoms with E-state index in [1.165, 1.54) is 19.2 Å². The molecule has 1 amide bonds. The summed E-state index contributed by atoms with van der Waals surface area (Å²) in [7, 11) is -2.98. The fourth-order valence-electron chi connectivity index (χ4n) is 3.06. The van der Waals surface area contributed by atoms with Gasteiger partial charge >= 0.3 is 5.97 Å². The molecule has 0 fully saturated rings. The number of anilines is 1.